The Hall–Kier alpha value is -2.13. The summed E-state index contributed by atoms with van der Waals surface area (Å²) < 4.78 is 2.30. The predicted octanol–water partition coefficient (Wildman–Crippen LogP) is 3.50. The fourth-order valence-corrected chi connectivity index (χ4v) is 2.72. The van der Waals surface area contributed by atoms with E-state index in [1.807, 2.05) is 13.0 Å². The van der Waals surface area contributed by atoms with E-state index in [9.17, 15) is 0 Å². The van der Waals surface area contributed by atoms with Gasteiger partial charge in [-0.3, -0.25) is 4.98 Å². The molecule has 3 nitrogen and oxygen atoms in total. The lowest BCUT2D eigenvalue weighted by atomic mass is 10.2. The number of hydrogen-bond donors (Lipinski definition) is 1. The molecule has 108 valence electrons. The van der Waals surface area contributed by atoms with Gasteiger partial charge >= 0.3 is 0 Å². The highest BCUT2D eigenvalue weighted by Crippen LogP contribution is 2.22. The van der Waals surface area contributed by atoms with Gasteiger partial charge in [0.05, 0.1) is 12.2 Å². The van der Waals surface area contributed by atoms with Gasteiger partial charge < -0.3 is 9.88 Å². The highest BCUT2D eigenvalue weighted by Gasteiger charge is 2.08. The summed E-state index contributed by atoms with van der Waals surface area (Å²) >= 11 is 0. The Labute approximate surface area is 125 Å². The van der Waals surface area contributed by atoms with Gasteiger partial charge in [-0.15, -0.1) is 0 Å². The monoisotopic (exact) mass is 279 g/mol. The van der Waals surface area contributed by atoms with Crippen molar-refractivity contribution in [2.75, 3.05) is 6.54 Å². The molecule has 0 aliphatic rings. The molecule has 0 saturated carbocycles. The zero-order chi connectivity index (χ0) is 14.7. The molecule has 0 bridgehead atoms. The van der Waals surface area contributed by atoms with Crippen LogP contribution in [-0.4, -0.2) is 16.1 Å². The van der Waals surface area contributed by atoms with Crippen LogP contribution < -0.4 is 5.32 Å². The minimum atomic E-state index is 0.814. The normalized spacial score (nSPS) is 11.1. The van der Waals surface area contributed by atoms with E-state index < -0.39 is 0 Å². The topological polar surface area (TPSA) is 29.9 Å². The summed E-state index contributed by atoms with van der Waals surface area (Å²) in [6.07, 6.45) is 2.25. The lowest BCUT2D eigenvalue weighted by Crippen LogP contribution is -2.11. The van der Waals surface area contributed by atoms with E-state index >= 15 is 0 Å². The molecular weight excluding hydrogens is 258 g/mol. The number of aromatic nitrogens is 2. The number of nitrogens with zero attached hydrogens (tertiary/aromatic N) is 2. The summed E-state index contributed by atoms with van der Waals surface area (Å²) in [6.45, 7) is 6.88. The zero-order valence-corrected chi connectivity index (χ0v) is 12.6. The van der Waals surface area contributed by atoms with Gasteiger partial charge in [0.1, 0.15) is 0 Å². The maximum absolute atomic E-state index is 4.61. The molecule has 0 spiro atoms. The minimum Gasteiger partial charge on any atom is -0.341 e. The predicted molar refractivity (Wildman–Crippen MR) is 87.4 cm³/mol. The van der Waals surface area contributed by atoms with Crippen molar-refractivity contribution in [1.29, 1.82) is 0 Å². The molecule has 21 heavy (non-hydrogen) atoms. The van der Waals surface area contributed by atoms with E-state index in [1.54, 1.807) is 0 Å². The zero-order valence-electron chi connectivity index (χ0n) is 12.6. The van der Waals surface area contributed by atoms with Crippen molar-refractivity contribution >= 4 is 10.9 Å². The number of para-hydroxylation sites is 1. The van der Waals surface area contributed by atoms with Crippen LogP contribution in [0.3, 0.4) is 0 Å². The molecule has 0 amide bonds. The third-order valence-electron chi connectivity index (χ3n) is 3.71. The van der Waals surface area contributed by atoms with Gasteiger partial charge in [0.15, 0.2) is 0 Å². The first-order chi connectivity index (χ1) is 10.3. The Morgan fingerprint density at radius 2 is 1.95 bits per heavy atom. The van der Waals surface area contributed by atoms with Crippen molar-refractivity contribution in [2.24, 2.45) is 0 Å². The number of aryl methyl sites for hydroxylation is 1. The maximum atomic E-state index is 4.61. The van der Waals surface area contributed by atoms with Crippen LogP contribution in [-0.2, 0) is 13.1 Å². The van der Waals surface area contributed by atoms with E-state index in [2.05, 4.69) is 64.4 Å². The Morgan fingerprint density at radius 3 is 2.76 bits per heavy atom. The van der Waals surface area contributed by atoms with E-state index in [-0.39, 0.29) is 0 Å². The summed E-state index contributed by atoms with van der Waals surface area (Å²) in [5.74, 6) is 0. The van der Waals surface area contributed by atoms with Crippen molar-refractivity contribution in [3.63, 3.8) is 0 Å². The van der Waals surface area contributed by atoms with Gasteiger partial charge in [-0.05, 0) is 37.2 Å². The molecule has 0 fully saturated rings. The number of nitrogens with one attached hydrogen (secondary N) is 1. The molecule has 1 N–H and O–H groups in total. The minimum absolute atomic E-state index is 0.814. The first-order valence-electron chi connectivity index (χ1n) is 7.48. The first kappa shape index (κ1) is 13.8. The Kier molecular flexibility index (Phi) is 4.02. The van der Waals surface area contributed by atoms with Crippen LogP contribution in [0.4, 0.5) is 0 Å². The first-order valence-corrected chi connectivity index (χ1v) is 7.48. The second kappa shape index (κ2) is 6.10. The third kappa shape index (κ3) is 2.98. The fraction of sp³-hybridized carbons (Fsp3) is 0.278. The van der Waals surface area contributed by atoms with Crippen molar-refractivity contribution in [1.82, 2.24) is 14.9 Å². The van der Waals surface area contributed by atoms with E-state index in [0.717, 1.165) is 31.0 Å². The Bertz CT molecular complexity index is 743. The summed E-state index contributed by atoms with van der Waals surface area (Å²) in [5, 5.41) is 4.74. The molecule has 1 aromatic carbocycles. The van der Waals surface area contributed by atoms with Crippen molar-refractivity contribution in [3.8, 4) is 0 Å². The molecule has 0 unspecified atom stereocenters. The van der Waals surface area contributed by atoms with E-state index in [0.29, 0.717) is 0 Å². The van der Waals surface area contributed by atoms with E-state index in [4.69, 9.17) is 0 Å². The van der Waals surface area contributed by atoms with Crippen LogP contribution >= 0.6 is 0 Å². The second-order valence-corrected chi connectivity index (χ2v) is 5.35. The molecule has 0 atom stereocenters. The molecule has 3 aromatic rings. The number of fused-ring (bicyclic) bond motifs is 1. The van der Waals surface area contributed by atoms with Crippen molar-refractivity contribution in [3.05, 3.63) is 65.6 Å². The molecule has 2 heterocycles. The Balaban J connectivity index is 1.98. The standard InChI is InChI=1S/C18H21N3/c1-3-19-11-15-12-21(18-10-5-4-9-17(15)18)13-16-8-6-7-14(2)20-16/h4-10,12,19H,3,11,13H2,1-2H3. The van der Waals surface area contributed by atoms with Gasteiger partial charge in [-0.2, -0.15) is 0 Å². The third-order valence-corrected chi connectivity index (χ3v) is 3.71. The molecule has 0 radical (unpaired) electrons. The largest absolute Gasteiger partial charge is 0.341 e. The van der Waals surface area contributed by atoms with Crippen molar-refractivity contribution < 1.29 is 0 Å². The van der Waals surface area contributed by atoms with Crippen LogP contribution in [0, 0.1) is 6.92 Å². The van der Waals surface area contributed by atoms with Gasteiger partial charge in [-0.25, -0.2) is 0 Å². The number of benzene rings is 1. The number of pyridine rings is 1. The van der Waals surface area contributed by atoms with Crippen molar-refractivity contribution in [2.45, 2.75) is 26.9 Å². The molecule has 0 aliphatic heterocycles. The summed E-state index contributed by atoms with van der Waals surface area (Å²) in [5.41, 5.74) is 4.79. The average molecular weight is 279 g/mol. The smallest absolute Gasteiger partial charge is 0.0648 e. The average Bonchev–Trinajstić information content (AvgIpc) is 2.84. The molecule has 0 saturated heterocycles. The lowest BCUT2D eigenvalue weighted by molar-refractivity contribution is 0.722. The van der Waals surface area contributed by atoms with Crippen LogP contribution in [0.15, 0.2) is 48.7 Å². The summed E-state index contributed by atoms with van der Waals surface area (Å²) in [6, 6.07) is 14.8. The number of hydrogen-bond acceptors (Lipinski definition) is 2. The molecule has 2 aromatic heterocycles. The van der Waals surface area contributed by atoms with Crippen LogP contribution in [0.25, 0.3) is 10.9 Å². The lowest BCUT2D eigenvalue weighted by Gasteiger charge is -2.05. The second-order valence-electron chi connectivity index (χ2n) is 5.35. The maximum Gasteiger partial charge on any atom is 0.0648 e. The highest BCUT2D eigenvalue weighted by molar-refractivity contribution is 5.84. The fourth-order valence-electron chi connectivity index (χ4n) is 2.72. The highest BCUT2D eigenvalue weighted by atomic mass is 15.0. The van der Waals surface area contributed by atoms with Crippen LogP contribution in [0.2, 0.25) is 0 Å². The van der Waals surface area contributed by atoms with Crippen LogP contribution in [0.1, 0.15) is 23.9 Å². The molecule has 3 rings (SSSR count). The quantitative estimate of drug-likeness (QED) is 0.774. The van der Waals surface area contributed by atoms with E-state index in [1.165, 1.54) is 16.5 Å². The molecule has 3 heteroatoms. The number of rotatable bonds is 5. The van der Waals surface area contributed by atoms with Gasteiger partial charge in [0.25, 0.3) is 0 Å². The van der Waals surface area contributed by atoms with Gasteiger partial charge in [0.2, 0.25) is 0 Å². The van der Waals surface area contributed by atoms with Gasteiger partial charge in [0, 0.05) is 29.3 Å². The SMILES string of the molecule is CCNCc1cn(Cc2cccc(C)n2)c2ccccc12. The summed E-state index contributed by atoms with van der Waals surface area (Å²) in [4.78, 5) is 4.61. The Morgan fingerprint density at radius 1 is 1.10 bits per heavy atom. The summed E-state index contributed by atoms with van der Waals surface area (Å²) in [7, 11) is 0. The molecular formula is C18H21N3. The van der Waals surface area contributed by atoms with Crippen LogP contribution in [0.5, 0.6) is 0 Å². The molecule has 0 aliphatic carbocycles. The van der Waals surface area contributed by atoms with Gasteiger partial charge in [-0.1, -0.05) is 31.2 Å².